The highest BCUT2D eigenvalue weighted by Gasteiger charge is 2.11. The molecule has 76 valence electrons. The Bertz CT molecular complexity index is 456. The average Bonchev–Trinajstić information content (AvgIpc) is 2.87. The highest BCUT2D eigenvalue weighted by atomic mass is 32.2. The van der Waals surface area contributed by atoms with Crippen LogP contribution in [0.15, 0.2) is 22.5 Å². The monoisotopic (exact) mass is 271 g/mol. The maximum absolute atomic E-state index is 8.42. The lowest BCUT2D eigenvalue weighted by Gasteiger charge is -1.95. The smallest absolute Gasteiger partial charge is 0.140 e. The topological polar surface area (TPSA) is 49.6 Å². The second kappa shape index (κ2) is 5.51. The molecule has 0 fully saturated rings. The van der Waals surface area contributed by atoms with Crippen LogP contribution >= 0.6 is 46.6 Å². The van der Waals surface area contributed by atoms with E-state index in [0.717, 1.165) is 15.6 Å². The zero-order valence-corrected chi connectivity index (χ0v) is 10.7. The first kappa shape index (κ1) is 11.0. The lowest BCUT2D eigenvalue weighted by atomic mass is 10.4. The maximum atomic E-state index is 8.42. The van der Waals surface area contributed by atoms with E-state index in [0.29, 0.717) is 5.08 Å². The lowest BCUT2D eigenvalue weighted by molar-refractivity contribution is 1.28. The predicted octanol–water partition coefficient (Wildman–Crippen LogP) is 3.53. The van der Waals surface area contributed by atoms with Gasteiger partial charge in [-0.15, -0.1) is 11.3 Å². The van der Waals surface area contributed by atoms with Crippen LogP contribution in [0.5, 0.6) is 0 Å². The summed E-state index contributed by atoms with van der Waals surface area (Å²) in [7, 11) is 0. The quantitative estimate of drug-likeness (QED) is 0.368. The van der Waals surface area contributed by atoms with E-state index < -0.39 is 0 Å². The number of nitriles is 1. The van der Waals surface area contributed by atoms with Gasteiger partial charge in [-0.1, -0.05) is 17.8 Å². The molecule has 2 rings (SSSR count). The van der Waals surface area contributed by atoms with Gasteiger partial charge in [-0.3, -0.25) is 0 Å². The van der Waals surface area contributed by atoms with Crippen LogP contribution in [-0.4, -0.2) is 13.8 Å². The molecule has 0 aromatic carbocycles. The van der Waals surface area contributed by atoms with E-state index in [1.165, 1.54) is 23.5 Å². The van der Waals surface area contributed by atoms with E-state index in [4.69, 9.17) is 5.26 Å². The van der Waals surface area contributed by atoms with E-state index >= 15 is 0 Å². The van der Waals surface area contributed by atoms with Crippen molar-refractivity contribution in [1.29, 1.82) is 5.26 Å². The third-order valence-corrected chi connectivity index (χ3v) is 4.68. The van der Waals surface area contributed by atoms with Crippen molar-refractivity contribution in [2.75, 3.05) is 5.08 Å². The summed E-state index contributed by atoms with van der Waals surface area (Å²) in [6.45, 7) is 0. The molecule has 7 heteroatoms. The van der Waals surface area contributed by atoms with E-state index in [-0.39, 0.29) is 0 Å². The van der Waals surface area contributed by atoms with Gasteiger partial charge in [0.05, 0.1) is 21.7 Å². The van der Waals surface area contributed by atoms with Crippen LogP contribution in [0.25, 0.3) is 10.6 Å². The zero-order chi connectivity index (χ0) is 10.5. The first-order chi connectivity index (χ1) is 7.42. The van der Waals surface area contributed by atoms with Gasteiger partial charge in [0.1, 0.15) is 16.1 Å². The third kappa shape index (κ3) is 2.72. The van der Waals surface area contributed by atoms with Crippen molar-refractivity contribution in [3.63, 3.8) is 0 Å². The second-order valence-electron chi connectivity index (χ2n) is 2.39. The first-order valence-corrected chi connectivity index (χ1v) is 7.50. The fourth-order valence-corrected chi connectivity index (χ4v) is 3.81. The van der Waals surface area contributed by atoms with Gasteiger partial charge in [0.2, 0.25) is 0 Å². The molecule has 15 heavy (non-hydrogen) atoms. The van der Waals surface area contributed by atoms with Crippen molar-refractivity contribution in [3.05, 3.63) is 17.5 Å². The summed E-state index contributed by atoms with van der Waals surface area (Å²) in [6, 6.07) is 4.03. The predicted molar refractivity (Wildman–Crippen MR) is 67.2 cm³/mol. The van der Waals surface area contributed by atoms with E-state index in [1.807, 2.05) is 22.9 Å². The third-order valence-electron chi connectivity index (χ3n) is 1.53. The molecule has 2 heterocycles. The minimum absolute atomic E-state index is 0.695. The number of hydrogen-bond acceptors (Lipinski definition) is 7. The van der Waals surface area contributed by atoms with Crippen molar-refractivity contribution < 1.29 is 0 Å². The Morgan fingerprint density at radius 3 is 3.13 bits per heavy atom. The fourth-order valence-electron chi connectivity index (χ4n) is 0.951. The van der Waals surface area contributed by atoms with Crippen LogP contribution in [0.4, 0.5) is 0 Å². The number of thiocyanates is 1. The molecule has 0 bridgehead atoms. The number of rotatable bonds is 4. The molecular formula is C8H5N3S4. The fraction of sp³-hybridized carbons (Fsp3) is 0.125. The molecule has 0 aliphatic rings. The summed E-state index contributed by atoms with van der Waals surface area (Å²) in [6.07, 6.45) is 0. The molecule has 0 aliphatic heterocycles. The second-order valence-corrected chi connectivity index (χ2v) is 5.96. The molecular weight excluding hydrogens is 266 g/mol. The average molecular weight is 271 g/mol. The van der Waals surface area contributed by atoms with Gasteiger partial charge in [-0.2, -0.15) is 14.0 Å². The molecule has 2 aromatic heterocycles. The van der Waals surface area contributed by atoms with Gasteiger partial charge in [0, 0.05) is 0 Å². The summed E-state index contributed by atoms with van der Waals surface area (Å²) in [5.41, 5.74) is 0.943. The van der Waals surface area contributed by atoms with Crippen LogP contribution < -0.4 is 0 Å². The Morgan fingerprint density at radius 1 is 1.47 bits per heavy atom. The van der Waals surface area contributed by atoms with Crippen molar-refractivity contribution in [2.45, 2.75) is 5.03 Å². The SMILES string of the molecule is N#CSCSc1nsnc1-c1cccs1. The van der Waals surface area contributed by atoms with Crippen LogP contribution in [0.3, 0.4) is 0 Å². The molecule has 0 spiro atoms. The summed E-state index contributed by atoms with van der Waals surface area (Å²) in [5.74, 6) is 0. The minimum atomic E-state index is 0.695. The van der Waals surface area contributed by atoms with Gasteiger partial charge in [-0.05, 0) is 23.2 Å². The van der Waals surface area contributed by atoms with Crippen molar-refractivity contribution >= 4 is 46.6 Å². The highest BCUT2D eigenvalue weighted by molar-refractivity contribution is 8.18. The lowest BCUT2D eigenvalue weighted by Crippen LogP contribution is -1.77. The standard InChI is InChI=1S/C8H5N3S4/c9-4-12-5-14-8-7(10-15-11-8)6-2-1-3-13-6/h1-3H,5H2. The highest BCUT2D eigenvalue weighted by Crippen LogP contribution is 2.33. The molecule has 0 saturated heterocycles. The molecule has 0 amide bonds. The minimum Gasteiger partial charge on any atom is -0.185 e. The van der Waals surface area contributed by atoms with Crippen LogP contribution in [-0.2, 0) is 0 Å². The van der Waals surface area contributed by atoms with Crippen LogP contribution in [0, 0.1) is 10.7 Å². The largest absolute Gasteiger partial charge is 0.185 e. The van der Waals surface area contributed by atoms with Crippen LogP contribution in [0.2, 0.25) is 0 Å². The molecule has 0 atom stereocenters. The Morgan fingerprint density at radius 2 is 2.40 bits per heavy atom. The number of aromatic nitrogens is 2. The zero-order valence-electron chi connectivity index (χ0n) is 7.41. The van der Waals surface area contributed by atoms with Crippen molar-refractivity contribution in [2.24, 2.45) is 0 Å². The Kier molecular flexibility index (Phi) is 4.02. The van der Waals surface area contributed by atoms with Gasteiger partial charge in [0.15, 0.2) is 0 Å². The number of hydrogen-bond donors (Lipinski definition) is 0. The Labute approximate surface area is 104 Å². The van der Waals surface area contributed by atoms with Crippen molar-refractivity contribution in [1.82, 2.24) is 8.75 Å². The maximum Gasteiger partial charge on any atom is 0.140 e. The van der Waals surface area contributed by atoms with Gasteiger partial charge in [-0.25, -0.2) is 0 Å². The molecule has 0 saturated carbocycles. The molecule has 0 radical (unpaired) electrons. The normalized spacial score (nSPS) is 10.1. The molecule has 3 nitrogen and oxygen atoms in total. The summed E-state index contributed by atoms with van der Waals surface area (Å²) in [4.78, 5) is 1.13. The van der Waals surface area contributed by atoms with E-state index in [9.17, 15) is 0 Å². The summed E-state index contributed by atoms with van der Waals surface area (Å²) < 4.78 is 8.49. The number of thioether (sulfide) groups is 2. The van der Waals surface area contributed by atoms with Gasteiger partial charge >= 0.3 is 0 Å². The van der Waals surface area contributed by atoms with Gasteiger partial charge < -0.3 is 0 Å². The van der Waals surface area contributed by atoms with Crippen molar-refractivity contribution in [3.8, 4) is 16.0 Å². The Balaban J connectivity index is 2.13. The first-order valence-electron chi connectivity index (χ1n) is 3.92. The molecule has 0 aliphatic carbocycles. The molecule has 0 unspecified atom stereocenters. The molecule has 0 N–H and O–H groups in total. The van der Waals surface area contributed by atoms with Gasteiger partial charge in [0.25, 0.3) is 0 Å². The number of nitrogens with zero attached hydrogens (tertiary/aromatic N) is 3. The molecule has 2 aromatic rings. The summed E-state index contributed by atoms with van der Waals surface area (Å²) in [5, 5.41) is 14.1. The van der Waals surface area contributed by atoms with E-state index in [1.54, 1.807) is 23.1 Å². The Hall–Kier alpha value is -0.550. The number of thiophene rings is 1. The summed E-state index contributed by atoms with van der Waals surface area (Å²) >= 11 is 5.65. The van der Waals surface area contributed by atoms with Crippen LogP contribution in [0.1, 0.15) is 0 Å². The van der Waals surface area contributed by atoms with E-state index in [2.05, 4.69) is 8.75 Å².